The molecule has 18 heavy (non-hydrogen) atoms. The topological polar surface area (TPSA) is 61.4 Å². The molecule has 5 heteroatoms. The van der Waals surface area contributed by atoms with Crippen LogP contribution in [-0.2, 0) is 4.79 Å². The van der Waals surface area contributed by atoms with Crippen molar-refractivity contribution >= 4 is 11.8 Å². The monoisotopic (exact) mass is 247 g/mol. The Hall–Kier alpha value is -1.88. The molecule has 5 nitrogen and oxygen atoms in total. The molecule has 0 bridgehead atoms. The van der Waals surface area contributed by atoms with Gasteiger partial charge in [-0.3, -0.25) is 9.59 Å². The van der Waals surface area contributed by atoms with E-state index in [1.807, 2.05) is 6.07 Å². The van der Waals surface area contributed by atoms with Gasteiger partial charge in [0.15, 0.2) is 0 Å². The van der Waals surface area contributed by atoms with E-state index >= 15 is 0 Å². The second-order valence-corrected chi connectivity index (χ2v) is 4.37. The van der Waals surface area contributed by atoms with Crippen LogP contribution in [0, 0.1) is 0 Å². The highest BCUT2D eigenvalue weighted by Gasteiger charge is 2.25. The summed E-state index contributed by atoms with van der Waals surface area (Å²) in [6, 6.07) is 9.13. The molecule has 0 spiro atoms. The number of rotatable bonds is 4. The maximum atomic E-state index is 11.8. The summed E-state index contributed by atoms with van der Waals surface area (Å²) in [5.41, 5.74) is 0.568. The number of likely N-dealkylation sites (N-methyl/N-ethyl adjacent to an activating group) is 1. The molecule has 2 amide bonds. The molecule has 0 saturated carbocycles. The van der Waals surface area contributed by atoms with Gasteiger partial charge in [-0.1, -0.05) is 18.2 Å². The highest BCUT2D eigenvalue weighted by Crippen LogP contribution is 2.02. The maximum Gasteiger partial charge on any atom is 0.251 e. The van der Waals surface area contributed by atoms with Crippen molar-refractivity contribution in [3.8, 4) is 0 Å². The van der Waals surface area contributed by atoms with E-state index in [-0.39, 0.29) is 24.4 Å². The minimum absolute atomic E-state index is 0.0424. The molecule has 2 N–H and O–H groups in total. The van der Waals surface area contributed by atoms with Gasteiger partial charge in [0.1, 0.15) is 0 Å². The number of carbonyl (C=O) groups excluding carboxylic acids is 2. The lowest BCUT2D eigenvalue weighted by atomic mass is 10.1. The van der Waals surface area contributed by atoms with Gasteiger partial charge in [0.05, 0.1) is 12.6 Å². The Morgan fingerprint density at radius 3 is 2.56 bits per heavy atom. The Kier molecular flexibility index (Phi) is 3.94. The number of benzene rings is 1. The van der Waals surface area contributed by atoms with Crippen molar-refractivity contribution in [3.05, 3.63) is 35.9 Å². The first-order valence-corrected chi connectivity index (χ1v) is 5.98. The lowest BCUT2D eigenvalue weighted by Gasteiger charge is -2.35. The van der Waals surface area contributed by atoms with Crippen LogP contribution in [-0.4, -0.2) is 49.4 Å². The first-order valence-electron chi connectivity index (χ1n) is 5.98. The molecular formula is C13H17N3O2. The fraction of sp³-hybridized carbons (Fsp3) is 0.385. The maximum absolute atomic E-state index is 11.8. The van der Waals surface area contributed by atoms with Gasteiger partial charge in [-0.2, -0.15) is 0 Å². The minimum atomic E-state index is -0.218. The van der Waals surface area contributed by atoms with E-state index < -0.39 is 0 Å². The van der Waals surface area contributed by atoms with Crippen LogP contribution in [0.3, 0.4) is 0 Å². The van der Waals surface area contributed by atoms with Gasteiger partial charge in [-0.05, 0) is 12.1 Å². The number of nitrogens with one attached hydrogen (secondary N) is 2. The Morgan fingerprint density at radius 1 is 1.33 bits per heavy atom. The highest BCUT2D eigenvalue weighted by atomic mass is 16.2. The molecule has 1 aliphatic rings. The van der Waals surface area contributed by atoms with Gasteiger partial charge in [0.25, 0.3) is 5.91 Å². The average molecular weight is 247 g/mol. The molecule has 0 unspecified atom stereocenters. The van der Waals surface area contributed by atoms with Crippen LogP contribution in [0.25, 0.3) is 0 Å². The second-order valence-electron chi connectivity index (χ2n) is 4.37. The van der Waals surface area contributed by atoms with Crippen molar-refractivity contribution in [2.75, 3.05) is 26.7 Å². The van der Waals surface area contributed by atoms with Gasteiger partial charge >= 0.3 is 0 Å². The molecule has 1 heterocycles. The Balaban J connectivity index is 1.80. The molecular weight excluding hydrogens is 230 g/mol. The summed E-state index contributed by atoms with van der Waals surface area (Å²) in [7, 11) is 1.77. The number of carbonyl (C=O) groups is 2. The van der Waals surface area contributed by atoms with E-state index in [9.17, 15) is 9.59 Å². The van der Waals surface area contributed by atoms with E-state index in [2.05, 4.69) is 10.6 Å². The zero-order chi connectivity index (χ0) is 13.0. The van der Waals surface area contributed by atoms with Crippen LogP contribution in [0.2, 0.25) is 0 Å². The summed E-state index contributed by atoms with van der Waals surface area (Å²) in [6.07, 6.45) is 0. The number of nitrogens with zero attached hydrogens (tertiary/aromatic N) is 1. The molecule has 0 aromatic heterocycles. The summed E-state index contributed by atoms with van der Waals surface area (Å²) >= 11 is 0. The Morgan fingerprint density at radius 2 is 2.00 bits per heavy atom. The summed E-state index contributed by atoms with van der Waals surface area (Å²) in [5.74, 6) is -0.283. The van der Waals surface area contributed by atoms with E-state index in [1.54, 1.807) is 36.2 Å². The van der Waals surface area contributed by atoms with Crippen LogP contribution in [0.1, 0.15) is 10.4 Å². The van der Waals surface area contributed by atoms with Crippen LogP contribution in [0.15, 0.2) is 30.3 Å². The molecule has 96 valence electrons. The fourth-order valence-electron chi connectivity index (χ4n) is 1.72. The van der Waals surface area contributed by atoms with Crippen molar-refractivity contribution < 1.29 is 9.59 Å². The van der Waals surface area contributed by atoms with Crippen LogP contribution in [0.5, 0.6) is 0 Å². The number of hydrogen-bond acceptors (Lipinski definition) is 3. The smallest absolute Gasteiger partial charge is 0.251 e. The predicted octanol–water partition coefficient (Wildman–Crippen LogP) is -0.153. The standard InChI is InChI=1S/C13H17N3O2/c1-16(11-7-14-8-11)12(17)9-15-13(18)10-5-3-2-4-6-10/h2-6,11,14H,7-9H2,1H3,(H,15,18). The van der Waals surface area contributed by atoms with Crippen molar-refractivity contribution in [1.29, 1.82) is 0 Å². The SMILES string of the molecule is CN(C(=O)CNC(=O)c1ccccc1)C1CNC1. The Bertz CT molecular complexity index is 429. The van der Waals surface area contributed by atoms with Crippen LogP contribution in [0.4, 0.5) is 0 Å². The number of hydrogen-bond donors (Lipinski definition) is 2. The molecule has 0 aliphatic carbocycles. The molecule has 2 rings (SSSR count). The largest absolute Gasteiger partial charge is 0.343 e. The van der Waals surface area contributed by atoms with E-state index in [4.69, 9.17) is 0 Å². The van der Waals surface area contributed by atoms with E-state index in [0.717, 1.165) is 13.1 Å². The van der Waals surface area contributed by atoms with E-state index in [0.29, 0.717) is 5.56 Å². The first-order chi connectivity index (χ1) is 8.68. The molecule has 1 aromatic rings. The van der Waals surface area contributed by atoms with Crippen molar-refractivity contribution in [3.63, 3.8) is 0 Å². The fourth-order valence-corrected chi connectivity index (χ4v) is 1.72. The van der Waals surface area contributed by atoms with Gasteiger partial charge in [0, 0.05) is 25.7 Å². The lowest BCUT2D eigenvalue weighted by molar-refractivity contribution is -0.131. The lowest BCUT2D eigenvalue weighted by Crippen LogP contribution is -2.58. The Labute approximate surface area is 106 Å². The first kappa shape index (κ1) is 12.6. The molecule has 0 radical (unpaired) electrons. The summed E-state index contributed by atoms with van der Waals surface area (Å²) < 4.78 is 0. The van der Waals surface area contributed by atoms with Crippen molar-refractivity contribution in [2.45, 2.75) is 6.04 Å². The predicted molar refractivity (Wildman–Crippen MR) is 68.2 cm³/mol. The van der Waals surface area contributed by atoms with Gasteiger partial charge < -0.3 is 15.5 Å². The van der Waals surface area contributed by atoms with Gasteiger partial charge in [-0.15, -0.1) is 0 Å². The second kappa shape index (κ2) is 5.64. The summed E-state index contributed by atoms with van der Waals surface area (Å²) in [4.78, 5) is 25.2. The van der Waals surface area contributed by atoms with Crippen molar-refractivity contribution in [1.82, 2.24) is 15.5 Å². The molecule has 1 fully saturated rings. The third-order valence-electron chi connectivity index (χ3n) is 3.14. The minimum Gasteiger partial charge on any atom is -0.343 e. The van der Waals surface area contributed by atoms with Gasteiger partial charge in [-0.25, -0.2) is 0 Å². The van der Waals surface area contributed by atoms with Crippen LogP contribution < -0.4 is 10.6 Å². The third kappa shape index (κ3) is 2.87. The highest BCUT2D eigenvalue weighted by molar-refractivity contribution is 5.96. The molecule has 1 aromatic carbocycles. The normalized spacial score (nSPS) is 14.7. The van der Waals surface area contributed by atoms with Gasteiger partial charge in [0.2, 0.25) is 5.91 Å². The third-order valence-corrected chi connectivity index (χ3v) is 3.14. The zero-order valence-corrected chi connectivity index (χ0v) is 10.3. The van der Waals surface area contributed by atoms with E-state index in [1.165, 1.54) is 0 Å². The summed E-state index contributed by atoms with van der Waals surface area (Å²) in [5, 5.41) is 5.74. The number of amides is 2. The molecule has 0 atom stereocenters. The molecule has 1 aliphatic heterocycles. The summed E-state index contributed by atoms with van der Waals surface area (Å²) in [6.45, 7) is 1.70. The van der Waals surface area contributed by atoms with Crippen LogP contribution >= 0.6 is 0 Å². The molecule has 1 saturated heterocycles. The van der Waals surface area contributed by atoms with Crippen molar-refractivity contribution in [2.24, 2.45) is 0 Å². The quantitative estimate of drug-likeness (QED) is 0.777. The zero-order valence-electron chi connectivity index (χ0n) is 10.3. The average Bonchev–Trinajstić information content (AvgIpc) is 2.34.